The highest BCUT2D eigenvalue weighted by Gasteiger charge is 2.26. The summed E-state index contributed by atoms with van der Waals surface area (Å²) in [5.41, 5.74) is 3.21. The molecule has 0 spiro atoms. The summed E-state index contributed by atoms with van der Waals surface area (Å²) in [6.07, 6.45) is 1.71. The maximum absolute atomic E-state index is 13.6. The molecule has 0 fully saturated rings. The van der Waals surface area contributed by atoms with Crippen molar-refractivity contribution in [1.29, 1.82) is 0 Å². The number of pyridine rings is 1. The SMILES string of the molecule is COc1ccc(N(CCC(=O)NCc2ccc(N(C)C)nc2)S(=O)(=O)c2ccc(C)c(C)c2)cc1. The number of carbonyl (C=O) groups is 1. The third-order valence-electron chi connectivity index (χ3n) is 5.73. The van der Waals surface area contributed by atoms with Crippen molar-refractivity contribution in [1.82, 2.24) is 10.3 Å². The smallest absolute Gasteiger partial charge is 0.264 e. The number of rotatable bonds is 10. The van der Waals surface area contributed by atoms with E-state index >= 15 is 0 Å². The molecule has 1 heterocycles. The Kier molecular flexibility index (Phi) is 8.34. The number of nitrogens with one attached hydrogen (secondary N) is 1. The zero-order chi connectivity index (χ0) is 25.6. The van der Waals surface area contributed by atoms with Crippen LogP contribution >= 0.6 is 0 Å². The number of aromatic nitrogens is 1. The van der Waals surface area contributed by atoms with Crippen molar-refractivity contribution in [2.75, 3.05) is 37.0 Å². The van der Waals surface area contributed by atoms with Crippen LogP contribution in [0.5, 0.6) is 5.75 Å². The Hall–Kier alpha value is -3.59. The number of carbonyl (C=O) groups excluding carboxylic acids is 1. The topological polar surface area (TPSA) is 91.8 Å². The van der Waals surface area contributed by atoms with Gasteiger partial charge in [0, 0.05) is 39.8 Å². The summed E-state index contributed by atoms with van der Waals surface area (Å²) in [6.45, 7) is 4.11. The first kappa shape index (κ1) is 26.0. The summed E-state index contributed by atoms with van der Waals surface area (Å²) in [5, 5.41) is 2.85. The van der Waals surface area contributed by atoms with E-state index in [-0.39, 0.29) is 23.8 Å². The summed E-state index contributed by atoms with van der Waals surface area (Å²) >= 11 is 0. The molecule has 0 aliphatic heterocycles. The van der Waals surface area contributed by atoms with Gasteiger partial charge in [-0.15, -0.1) is 0 Å². The molecule has 0 unspecified atom stereocenters. The van der Waals surface area contributed by atoms with Gasteiger partial charge in [0.1, 0.15) is 11.6 Å². The van der Waals surface area contributed by atoms with E-state index in [0.717, 1.165) is 22.5 Å². The summed E-state index contributed by atoms with van der Waals surface area (Å²) < 4.78 is 33.6. The Balaban J connectivity index is 1.76. The van der Waals surface area contributed by atoms with Gasteiger partial charge >= 0.3 is 0 Å². The molecular weight excluding hydrogens is 464 g/mol. The summed E-state index contributed by atoms with van der Waals surface area (Å²) in [5.74, 6) is 1.19. The van der Waals surface area contributed by atoms with Gasteiger partial charge in [-0.3, -0.25) is 9.10 Å². The van der Waals surface area contributed by atoms with Crippen molar-refractivity contribution in [3.8, 4) is 5.75 Å². The molecule has 2 aromatic carbocycles. The third kappa shape index (κ3) is 6.51. The fourth-order valence-electron chi connectivity index (χ4n) is 3.42. The number of aryl methyl sites for hydroxylation is 2. The van der Waals surface area contributed by atoms with Crippen LogP contribution in [-0.2, 0) is 21.4 Å². The third-order valence-corrected chi connectivity index (χ3v) is 7.55. The molecule has 0 saturated carbocycles. The Labute approximate surface area is 207 Å². The molecule has 1 amide bonds. The number of hydrogen-bond donors (Lipinski definition) is 1. The summed E-state index contributed by atoms with van der Waals surface area (Å²) in [7, 11) is 1.47. The standard InChI is InChI=1S/C26H32N4O4S/c1-19-6-12-24(16-20(19)2)35(32,33)30(22-8-10-23(34-5)11-9-22)15-14-26(31)28-18-21-7-13-25(27-17-21)29(3)4/h6-13,16-17H,14-15,18H2,1-5H3,(H,28,31). The predicted octanol–water partition coefficient (Wildman–Crippen LogP) is 3.67. The van der Waals surface area contributed by atoms with Gasteiger partial charge in [0.15, 0.2) is 0 Å². The molecule has 3 aromatic rings. The Morgan fingerprint density at radius 2 is 1.71 bits per heavy atom. The van der Waals surface area contributed by atoms with Crippen molar-refractivity contribution >= 4 is 27.4 Å². The molecule has 9 heteroatoms. The predicted molar refractivity (Wildman–Crippen MR) is 138 cm³/mol. The summed E-state index contributed by atoms with van der Waals surface area (Å²) in [6, 6.07) is 15.6. The first-order valence-corrected chi connectivity index (χ1v) is 12.7. The normalized spacial score (nSPS) is 11.1. The van der Waals surface area contributed by atoms with Crippen molar-refractivity contribution in [2.24, 2.45) is 0 Å². The van der Waals surface area contributed by atoms with Crippen LogP contribution in [0.4, 0.5) is 11.5 Å². The minimum atomic E-state index is -3.89. The number of hydrogen-bond acceptors (Lipinski definition) is 6. The fourth-order valence-corrected chi connectivity index (χ4v) is 4.97. The highest BCUT2D eigenvalue weighted by molar-refractivity contribution is 7.92. The number of anilines is 2. The van der Waals surface area contributed by atoms with Crippen LogP contribution in [0.3, 0.4) is 0 Å². The minimum absolute atomic E-state index is 0.000682. The van der Waals surface area contributed by atoms with Crippen LogP contribution in [0.2, 0.25) is 0 Å². The number of sulfonamides is 1. The zero-order valence-electron chi connectivity index (χ0n) is 20.8. The second kappa shape index (κ2) is 11.2. The lowest BCUT2D eigenvalue weighted by molar-refractivity contribution is -0.121. The molecule has 0 bridgehead atoms. The van der Waals surface area contributed by atoms with Crippen molar-refractivity contribution < 1.29 is 17.9 Å². The molecule has 35 heavy (non-hydrogen) atoms. The van der Waals surface area contributed by atoms with E-state index in [1.807, 2.05) is 45.0 Å². The van der Waals surface area contributed by atoms with Gasteiger partial charge in [0.25, 0.3) is 10.0 Å². The average molecular weight is 497 g/mol. The number of methoxy groups -OCH3 is 1. The maximum Gasteiger partial charge on any atom is 0.264 e. The van der Waals surface area contributed by atoms with Crippen LogP contribution in [0.1, 0.15) is 23.1 Å². The monoisotopic (exact) mass is 496 g/mol. The molecule has 0 aliphatic rings. The van der Waals surface area contributed by atoms with Crippen LogP contribution in [0.25, 0.3) is 0 Å². The van der Waals surface area contributed by atoms with Gasteiger partial charge < -0.3 is 15.0 Å². The average Bonchev–Trinajstić information content (AvgIpc) is 2.85. The van der Waals surface area contributed by atoms with E-state index in [0.29, 0.717) is 18.0 Å². The fraction of sp³-hybridized carbons (Fsp3) is 0.308. The molecule has 0 radical (unpaired) electrons. The molecule has 8 nitrogen and oxygen atoms in total. The van der Waals surface area contributed by atoms with Crippen LogP contribution < -0.4 is 19.3 Å². The van der Waals surface area contributed by atoms with Gasteiger partial charge in [0.05, 0.1) is 17.7 Å². The lowest BCUT2D eigenvalue weighted by Gasteiger charge is -2.25. The maximum atomic E-state index is 13.6. The Bertz CT molecular complexity index is 1260. The van der Waals surface area contributed by atoms with Gasteiger partial charge in [-0.05, 0) is 73.0 Å². The molecule has 0 atom stereocenters. The molecule has 1 aromatic heterocycles. The number of amides is 1. The number of nitrogens with zero attached hydrogens (tertiary/aromatic N) is 3. The first-order valence-electron chi connectivity index (χ1n) is 11.2. The number of benzene rings is 2. The Morgan fingerprint density at radius 1 is 1.00 bits per heavy atom. The van der Waals surface area contributed by atoms with Gasteiger partial charge in [-0.2, -0.15) is 0 Å². The second-order valence-corrected chi connectivity index (χ2v) is 10.3. The van der Waals surface area contributed by atoms with E-state index in [1.165, 1.54) is 4.31 Å². The van der Waals surface area contributed by atoms with E-state index in [9.17, 15) is 13.2 Å². The lowest BCUT2D eigenvalue weighted by atomic mass is 10.1. The number of ether oxygens (including phenoxy) is 1. The summed E-state index contributed by atoms with van der Waals surface area (Å²) in [4.78, 5) is 19.0. The zero-order valence-corrected chi connectivity index (χ0v) is 21.6. The largest absolute Gasteiger partial charge is 0.497 e. The Morgan fingerprint density at radius 3 is 2.29 bits per heavy atom. The molecular formula is C26H32N4O4S. The minimum Gasteiger partial charge on any atom is -0.497 e. The van der Waals surface area contributed by atoms with E-state index in [2.05, 4.69) is 10.3 Å². The van der Waals surface area contributed by atoms with Crippen molar-refractivity contribution in [3.05, 3.63) is 77.5 Å². The van der Waals surface area contributed by atoms with Crippen LogP contribution in [0.15, 0.2) is 65.7 Å². The van der Waals surface area contributed by atoms with Crippen LogP contribution in [0, 0.1) is 13.8 Å². The van der Waals surface area contributed by atoms with Gasteiger partial charge in [0.2, 0.25) is 5.91 Å². The van der Waals surface area contributed by atoms with E-state index in [1.54, 1.807) is 55.8 Å². The van der Waals surface area contributed by atoms with Gasteiger partial charge in [-0.25, -0.2) is 13.4 Å². The molecule has 3 rings (SSSR count). The van der Waals surface area contributed by atoms with Crippen LogP contribution in [-0.4, -0.2) is 47.1 Å². The highest BCUT2D eigenvalue weighted by Crippen LogP contribution is 2.27. The van der Waals surface area contributed by atoms with E-state index in [4.69, 9.17) is 4.74 Å². The van der Waals surface area contributed by atoms with E-state index < -0.39 is 10.0 Å². The highest BCUT2D eigenvalue weighted by atomic mass is 32.2. The quantitative estimate of drug-likeness (QED) is 0.460. The molecule has 0 saturated heterocycles. The van der Waals surface area contributed by atoms with Gasteiger partial charge in [-0.1, -0.05) is 12.1 Å². The lowest BCUT2D eigenvalue weighted by Crippen LogP contribution is -2.35. The van der Waals surface area contributed by atoms with Crippen molar-refractivity contribution in [2.45, 2.75) is 31.7 Å². The van der Waals surface area contributed by atoms with Crippen molar-refractivity contribution in [3.63, 3.8) is 0 Å². The molecule has 1 N–H and O–H groups in total. The second-order valence-electron chi connectivity index (χ2n) is 8.47. The first-order chi connectivity index (χ1) is 16.6. The molecule has 186 valence electrons. The molecule has 0 aliphatic carbocycles.